The molecule has 0 fully saturated rings. The Morgan fingerprint density at radius 2 is 1.96 bits per heavy atom. The number of amides is 1. The zero-order valence-electron chi connectivity index (χ0n) is 15.3. The molecular weight excluding hydrogens is 352 g/mol. The molecule has 5 nitrogen and oxygen atoms in total. The third-order valence-electron chi connectivity index (χ3n) is 4.64. The molecule has 0 saturated carbocycles. The lowest BCUT2D eigenvalue weighted by Gasteiger charge is -2.18. The molecule has 0 radical (unpaired) electrons. The van der Waals surface area contributed by atoms with Crippen molar-refractivity contribution in [1.82, 2.24) is 9.88 Å². The first kappa shape index (κ1) is 17.8. The van der Waals surface area contributed by atoms with Crippen molar-refractivity contribution in [3.8, 4) is 22.6 Å². The molecule has 1 N–H and O–H groups in total. The fourth-order valence-electron chi connectivity index (χ4n) is 3.22. The van der Waals surface area contributed by atoms with Gasteiger partial charge in [-0.3, -0.25) is 9.78 Å². The number of phenols is 1. The van der Waals surface area contributed by atoms with Crippen LogP contribution in [0.1, 0.15) is 11.1 Å². The largest absolute Gasteiger partial charge is 0.504 e. The number of pyridine rings is 1. The molecule has 1 amide bonds. The number of nitrogens with zero attached hydrogens (tertiary/aromatic N) is 2. The minimum atomic E-state index is -0.0911. The first-order chi connectivity index (χ1) is 13.7. The molecule has 0 saturated heterocycles. The van der Waals surface area contributed by atoms with Gasteiger partial charge < -0.3 is 14.7 Å². The summed E-state index contributed by atoms with van der Waals surface area (Å²) in [6, 6.07) is 17.1. The van der Waals surface area contributed by atoms with Crippen molar-refractivity contribution in [3.63, 3.8) is 0 Å². The van der Waals surface area contributed by atoms with Crippen LogP contribution >= 0.6 is 0 Å². The Labute approximate surface area is 163 Å². The van der Waals surface area contributed by atoms with Gasteiger partial charge in [-0.05, 0) is 35.4 Å². The molecule has 0 bridgehead atoms. The Morgan fingerprint density at radius 3 is 2.75 bits per heavy atom. The first-order valence-corrected chi connectivity index (χ1v) is 9.12. The molecule has 140 valence electrons. The van der Waals surface area contributed by atoms with E-state index in [4.69, 9.17) is 4.74 Å². The van der Waals surface area contributed by atoms with E-state index in [1.807, 2.05) is 48.5 Å². The van der Waals surface area contributed by atoms with E-state index in [1.165, 1.54) is 0 Å². The Hall–Kier alpha value is -3.60. The van der Waals surface area contributed by atoms with Crippen LogP contribution < -0.4 is 4.74 Å². The number of aromatic nitrogens is 1. The molecule has 0 unspecified atom stereocenters. The topological polar surface area (TPSA) is 62.7 Å². The summed E-state index contributed by atoms with van der Waals surface area (Å²) in [5.74, 6) is 0.423. The molecule has 5 heteroatoms. The molecule has 0 atom stereocenters. The maximum absolute atomic E-state index is 12.7. The fourth-order valence-corrected chi connectivity index (χ4v) is 3.22. The van der Waals surface area contributed by atoms with Gasteiger partial charge in [0.15, 0.2) is 11.5 Å². The molecule has 0 spiro atoms. The second kappa shape index (κ2) is 7.96. The van der Waals surface area contributed by atoms with Crippen molar-refractivity contribution in [2.75, 3.05) is 13.2 Å². The van der Waals surface area contributed by atoms with Crippen LogP contribution in [0.2, 0.25) is 0 Å². The number of carbonyl (C=O) groups is 1. The number of rotatable bonds is 3. The highest BCUT2D eigenvalue weighted by Gasteiger charge is 2.21. The molecule has 1 aliphatic heterocycles. The number of fused-ring (bicyclic) bond motifs is 1. The molecule has 2 heterocycles. The summed E-state index contributed by atoms with van der Waals surface area (Å²) >= 11 is 0. The number of ether oxygens (including phenoxy) is 1. The van der Waals surface area contributed by atoms with Crippen LogP contribution in [0.4, 0.5) is 0 Å². The van der Waals surface area contributed by atoms with E-state index >= 15 is 0 Å². The summed E-state index contributed by atoms with van der Waals surface area (Å²) in [7, 11) is 0. The van der Waals surface area contributed by atoms with Crippen molar-refractivity contribution in [2.45, 2.75) is 6.54 Å². The summed E-state index contributed by atoms with van der Waals surface area (Å²) < 4.78 is 5.73. The van der Waals surface area contributed by atoms with Gasteiger partial charge in [0.2, 0.25) is 5.91 Å². The number of hydrogen-bond acceptors (Lipinski definition) is 4. The summed E-state index contributed by atoms with van der Waals surface area (Å²) in [6.45, 7) is 1.15. The molecule has 28 heavy (non-hydrogen) atoms. The second-order valence-corrected chi connectivity index (χ2v) is 6.58. The highest BCUT2D eigenvalue weighted by Crippen LogP contribution is 2.37. The van der Waals surface area contributed by atoms with Gasteiger partial charge in [-0.1, -0.05) is 36.4 Å². The van der Waals surface area contributed by atoms with Gasteiger partial charge in [-0.15, -0.1) is 0 Å². The van der Waals surface area contributed by atoms with Gasteiger partial charge in [0.1, 0.15) is 6.61 Å². The number of hydrogen-bond donors (Lipinski definition) is 1. The van der Waals surface area contributed by atoms with E-state index in [-0.39, 0.29) is 11.7 Å². The lowest BCUT2D eigenvalue weighted by atomic mass is 10.0. The monoisotopic (exact) mass is 372 g/mol. The number of aromatic hydroxyl groups is 1. The minimum Gasteiger partial charge on any atom is -0.504 e. The normalized spacial score (nSPS) is 13.6. The van der Waals surface area contributed by atoms with E-state index in [0.29, 0.717) is 25.4 Å². The van der Waals surface area contributed by atoms with Crippen LogP contribution in [0.15, 0.2) is 73.1 Å². The van der Waals surface area contributed by atoms with Crippen molar-refractivity contribution in [2.24, 2.45) is 0 Å². The van der Waals surface area contributed by atoms with E-state index < -0.39 is 0 Å². The van der Waals surface area contributed by atoms with Gasteiger partial charge >= 0.3 is 0 Å². The van der Waals surface area contributed by atoms with Crippen LogP contribution in [0.25, 0.3) is 17.2 Å². The quantitative estimate of drug-likeness (QED) is 0.709. The lowest BCUT2D eigenvalue weighted by Crippen LogP contribution is -2.30. The van der Waals surface area contributed by atoms with E-state index in [9.17, 15) is 9.90 Å². The Kier molecular flexibility index (Phi) is 5.06. The van der Waals surface area contributed by atoms with E-state index in [0.717, 1.165) is 22.3 Å². The van der Waals surface area contributed by atoms with Crippen molar-refractivity contribution >= 4 is 12.0 Å². The second-order valence-electron chi connectivity index (χ2n) is 6.58. The van der Waals surface area contributed by atoms with E-state index in [2.05, 4.69) is 4.98 Å². The zero-order valence-corrected chi connectivity index (χ0v) is 15.3. The summed E-state index contributed by atoms with van der Waals surface area (Å²) in [4.78, 5) is 18.5. The van der Waals surface area contributed by atoms with Crippen molar-refractivity contribution < 1.29 is 14.6 Å². The Morgan fingerprint density at radius 1 is 1.11 bits per heavy atom. The SMILES string of the molecule is O=C(/C=C/c1ccccc1)N1CCOc2c(O)cc(-c3cccnc3)cc2C1. The molecule has 1 aromatic heterocycles. The molecule has 4 rings (SSSR count). The van der Waals surface area contributed by atoms with Gasteiger partial charge in [0.25, 0.3) is 0 Å². The lowest BCUT2D eigenvalue weighted by molar-refractivity contribution is -0.126. The molecule has 0 aliphatic carbocycles. The third-order valence-corrected chi connectivity index (χ3v) is 4.64. The average molecular weight is 372 g/mol. The maximum atomic E-state index is 12.7. The highest BCUT2D eigenvalue weighted by atomic mass is 16.5. The minimum absolute atomic E-state index is 0.0745. The Bertz CT molecular complexity index is 1000. The van der Waals surface area contributed by atoms with Crippen LogP contribution in [0.5, 0.6) is 11.5 Å². The Balaban J connectivity index is 1.59. The van der Waals surface area contributed by atoms with E-state index in [1.54, 1.807) is 35.5 Å². The standard InChI is InChI=1S/C23H20N2O3/c26-21-14-19(18-7-4-10-24-15-18)13-20-16-25(11-12-28-23(20)21)22(27)9-8-17-5-2-1-3-6-17/h1-10,13-15,26H,11-12,16H2/b9-8+. The van der Waals surface area contributed by atoms with Crippen LogP contribution in [-0.2, 0) is 11.3 Å². The fraction of sp³-hybridized carbons (Fsp3) is 0.130. The van der Waals surface area contributed by atoms with Gasteiger partial charge in [0, 0.05) is 36.1 Å². The zero-order chi connectivity index (χ0) is 19.3. The number of benzene rings is 2. The molecule has 2 aromatic carbocycles. The van der Waals surface area contributed by atoms with Crippen LogP contribution in [0, 0.1) is 0 Å². The maximum Gasteiger partial charge on any atom is 0.246 e. The average Bonchev–Trinajstić information content (AvgIpc) is 2.96. The van der Waals surface area contributed by atoms with Crippen molar-refractivity contribution in [1.29, 1.82) is 0 Å². The van der Waals surface area contributed by atoms with Gasteiger partial charge in [-0.2, -0.15) is 0 Å². The highest BCUT2D eigenvalue weighted by molar-refractivity contribution is 5.92. The van der Waals surface area contributed by atoms with Crippen molar-refractivity contribution in [3.05, 3.63) is 84.2 Å². The number of carbonyl (C=O) groups excluding carboxylic acids is 1. The molecule has 1 aliphatic rings. The first-order valence-electron chi connectivity index (χ1n) is 9.12. The van der Waals surface area contributed by atoms with Gasteiger partial charge in [-0.25, -0.2) is 0 Å². The summed E-state index contributed by atoms with van der Waals surface area (Å²) in [5, 5.41) is 10.4. The van der Waals surface area contributed by atoms with Crippen LogP contribution in [-0.4, -0.2) is 34.0 Å². The predicted octanol–water partition coefficient (Wildman–Crippen LogP) is 3.89. The summed E-state index contributed by atoms with van der Waals surface area (Å²) in [6.07, 6.45) is 6.82. The summed E-state index contributed by atoms with van der Waals surface area (Å²) in [5.41, 5.74) is 3.48. The predicted molar refractivity (Wildman–Crippen MR) is 108 cm³/mol. The van der Waals surface area contributed by atoms with Crippen LogP contribution in [0.3, 0.4) is 0 Å². The van der Waals surface area contributed by atoms with Gasteiger partial charge in [0.05, 0.1) is 6.54 Å². The number of phenolic OH excluding ortho intramolecular Hbond substituents is 1. The molecular formula is C23H20N2O3. The molecule has 3 aromatic rings. The third kappa shape index (κ3) is 3.88. The smallest absolute Gasteiger partial charge is 0.246 e.